The van der Waals surface area contributed by atoms with Gasteiger partial charge < -0.3 is 5.11 Å². The van der Waals surface area contributed by atoms with E-state index in [1.54, 1.807) is 61.6 Å². The molecule has 0 radical (unpaired) electrons. The summed E-state index contributed by atoms with van der Waals surface area (Å²) in [5.41, 5.74) is 0.893. The van der Waals surface area contributed by atoms with Gasteiger partial charge in [-0.1, -0.05) is 48.2 Å². The van der Waals surface area contributed by atoms with Crippen LogP contribution in [-0.4, -0.2) is 42.1 Å². The molecule has 33 heavy (non-hydrogen) atoms. The molecule has 3 aromatic rings. The number of benzene rings is 2. The maximum absolute atomic E-state index is 14.1. The maximum Gasteiger partial charge on any atom is 0.324 e. The highest BCUT2D eigenvalue weighted by Gasteiger charge is 2.32. The number of rotatable bonds is 6. The summed E-state index contributed by atoms with van der Waals surface area (Å²) in [6.45, 7) is 0. The Kier molecular flexibility index (Phi) is 6.50. The van der Waals surface area contributed by atoms with E-state index in [1.807, 2.05) is 6.07 Å². The summed E-state index contributed by atoms with van der Waals surface area (Å²) in [5, 5.41) is 18.0. The molecule has 11 heteroatoms. The lowest BCUT2D eigenvalue weighted by molar-refractivity contribution is -0.753. The zero-order valence-electron chi connectivity index (χ0n) is 17.8. The van der Waals surface area contributed by atoms with Crippen LogP contribution in [0.25, 0.3) is 6.08 Å². The van der Waals surface area contributed by atoms with Gasteiger partial charge in [0.2, 0.25) is 5.27 Å². The molecule has 0 fully saturated rings. The van der Waals surface area contributed by atoms with Crippen LogP contribution in [0.15, 0.2) is 81.0 Å². The van der Waals surface area contributed by atoms with E-state index in [2.05, 4.69) is 15.3 Å². The summed E-state index contributed by atoms with van der Waals surface area (Å²) in [6, 6.07) is 15.0. The summed E-state index contributed by atoms with van der Waals surface area (Å²) in [4.78, 5) is 24.1. The van der Waals surface area contributed by atoms with E-state index >= 15 is 0 Å². The second kappa shape index (κ2) is 9.65. The van der Waals surface area contributed by atoms with E-state index < -0.39 is 17.6 Å². The number of aromatic nitrogens is 2. The van der Waals surface area contributed by atoms with Crippen LogP contribution in [0.1, 0.15) is 5.56 Å². The lowest BCUT2D eigenvalue weighted by Crippen LogP contribution is -2.53. The first-order valence-corrected chi connectivity index (χ1v) is 10.8. The Bertz CT molecular complexity index is 1260. The summed E-state index contributed by atoms with van der Waals surface area (Å²) >= 11 is 1.05. The molecule has 0 saturated carbocycles. The van der Waals surface area contributed by atoms with Gasteiger partial charge in [-0.25, -0.2) is 14.4 Å². The molecule has 0 spiro atoms. The van der Waals surface area contributed by atoms with Crippen molar-refractivity contribution in [2.45, 2.75) is 0 Å². The van der Waals surface area contributed by atoms with Crippen LogP contribution in [-0.2, 0) is 4.79 Å². The van der Waals surface area contributed by atoms with Gasteiger partial charge in [-0.05, 0) is 30.2 Å². The molecule has 1 amide bonds. The van der Waals surface area contributed by atoms with Gasteiger partial charge in [0.05, 0.1) is 24.6 Å². The maximum atomic E-state index is 14.1. The van der Waals surface area contributed by atoms with Crippen molar-refractivity contribution in [2.75, 3.05) is 29.8 Å². The van der Waals surface area contributed by atoms with E-state index in [9.17, 15) is 14.3 Å². The van der Waals surface area contributed by atoms with Gasteiger partial charge in [0.15, 0.2) is 5.17 Å². The Morgan fingerprint density at radius 3 is 2.67 bits per heavy atom. The highest BCUT2D eigenvalue weighted by atomic mass is 32.2. The fourth-order valence-corrected chi connectivity index (χ4v) is 3.68. The first-order chi connectivity index (χ1) is 15.9. The van der Waals surface area contributed by atoms with E-state index in [1.165, 1.54) is 28.0 Å². The Labute approximate surface area is 193 Å². The molecule has 2 heterocycles. The minimum absolute atomic E-state index is 0.0544. The zero-order chi connectivity index (χ0) is 23.4. The standard InChI is InChI=1S/C22H19FN6O3S/c1-27(2)28-13-20(32-26-28)25-19(30)14-33-22-24-18(12-15-8-6-7-11-17(15)23)21(31)29(22)16-9-4-3-5-10-16/h3-13H,14H2,1-2H3/b18-12+. The van der Waals surface area contributed by atoms with Crippen LogP contribution in [0.3, 0.4) is 0 Å². The second-order valence-corrected chi connectivity index (χ2v) is 7.97. The number of aliphatic imine (C=N–C) groups is 2. The molecule has 0 unspecified atom stereocenters. The monoisotopic (exact) mass is 466 g/mol. The third-order valence-corrected chi connectivity index (χ3v) is 5.38. The number of nitrogens with zero attached hydrogens (tertiary/aromatic N) is 6. The van der Waals surface area contributed by atoms with Crippen LogP contribution in [0.2, 0.25) is 0 Å². The number of amidine groups is 1. The molecule has 1 aliphatic heterocycles. The van der Waals surface area contributed by atoms with Crippen LogP contribution < -0.4 is 19.8 Å². The van der Waals surface area contributed by atoms with Crippen LogP contribution >= 0.6 is 11.8 Å². The summed E-state index contributed by atoms with van der Waals surface area (Å²) in [6.07, 6.45) is 2.85. The third-order valence-electron chi connectivity index (χ3n) is 4.45. The van der Waals surface area contributed by atoms with E-state index in [4.69, 9.17) is 4.52 Å². The van der Waals surface area contributed by atoms with E-state index in [-0.39, 0.29) is 22.9 Å². The molecule has 4 rings (SSSR count). The van der Waals surface area contributed by atoms with Crippen LogP contribution in [0.4, 0.5) is 16.0 Å². The van der Waals surface area contributed by atoms with Crippen molar-refractivity contribution in [3.63, 3.8) is 0 Å². The minimum Gasteiger partial charge on any atom is -0.861 e. The average Bonchev–Trinajstić information content (AvgIpc) is 3.39. The number of amides is 1. The molecule has 0 saturated heterocycles. The molecule has 0 atom stereocenters. The van der Waals surface area contributed by atoms with Crippen molar-refractivity contribution < 1.29 is 23.6 Å². The molecular formula is C22H19FN6O3S. The number of anilines is 1. The highest BCUT2D eigenvalue weighted by molar-refractivity contribution is 8.14. The SMILES string of the molecule is CN(C)[n+]1cc(/N=C(/[O-])CSC2=N/C(=C/c3ccccc3F)C(=O)N2c2ccccc2)on1. The Balaban J connectivity index is 1.59. The van der Waals surface area contributed by atoms with Gasteiger partial charge in [0.1, 0.15) is 11.5 Å². The van der Waals surface area contributed by atoms with Crippen LogP contribution in [0, 0.1) is 5.82 Å². The number of hydrogen-bond donors (Lipinski definition) is 0. The van der Waals surface area contributed by atoms with Crippen LogP contribution in [0.5, 0.6) is 0 Å². The van der Waals surface area contributed by atoms with E-state index in [0.717, 1.165) is 11.8 Å². The lowest BCUT2D eigenvalue weighted by atomic mass is 10.1. The first kappa shape index (κ1) is 22.2. The predicted octanol–water partition coefficient (Wildman–Crippen LogP) is 1.87. The van der Waals surface area contributed by atoms with Gasteiger partial charge >= 0.3 is 5.88 Å². The van der Waals surface area contributed by atoms with Crippen molar-refractivity contribution in [1.82, 2.24) is 5.27 Å². The van der Waals surface area contributed by atoms with Crippen molar-refractivity contribution in [3.8, 4) is 0 Å². The average molecular weight is 466 g/mol. The van der Waals surface area contributed by atoms with Gasteiger partial charge in [-0.3, -0.25) is 14.2 Å². The molecule has 1 aromatic heterocycles. The summed E-state index contributed by atoms with van der Waals surface area (Å²) < 4.78 is 19.1. The Hall–Kier alpha value is -3.99. The van der Waals surface area contributed by atoms with Gasteiger partial charge in [0, 0.05) is 11.3 Å². The molecule has 1 aliphatic rings. The second-order valence-electron chi connectivity index (χ2n) is 7.02. The van der Waals surface area contributed by atoms with Gasteiger partial charge in [-0.15, -0.1) is 0 Å². The highest BCUT2D eigenvalue weighted by Crippen LogP contribution is 2.29. The molecular weight excluding hydrogens is 447 g/mol. The molecule has 2 aromatic carbocycles. The zero-order valence-corrected chi connectivity index (χ0v) is 18.6. The normalized spacial score (nSPS) is 15.3. The summed E-state index contributed by atoms with van der Waals surface area (Å²) in [5.74, 6) is -1.41. The molecule has 9 nitrogen and oxygen atoms in total. The fourth-order valence-electron chi connectivity index (χ4n) is 2.89. The van der Waals surface area contributed by atoms with Gasteiger partial charge in [-0.2, -0.15) is 5.01 Å². The molecule has 0 aliphatic carbocycles. The van der Waals surface area contributed by atoms with Crippen molar-refractivity contribution in [2.24, 2.45) is 9.98 Å². The number of halogens is 1. The molecule has 168 valence electrons. The number of hydrogen-bond acceptors (Lipinski definition) is 8. The number of carbonyl (C=O) groups excluding carboxylic acids is 1. The van der Waals surface area contributed by atoms with Crippen molar-refractivity contribution in [1.29, 1.82) is 0 Å². The molecule has 0 N–H and O–H groups in total. The van der Waals surface area contributed by atoms with E-state index in [0.29, 0.717) is 10.9 Å². The van der Waals surface area contributed by atoms with Gasteiger partial charge in [0.25, 0.3) is 12.1 Å². The topological polar surface area (TPSA) is 101 Å². The Morgan fingerprint density at radius 1 is 1.24 bits per heavy atom. The fraction of sp³-hybridized carbons (Fsp3) is 0.136. The number of carbonyl (C=O) groups is 1. The number of para-hydroxylation sites is 1. The van der Waals surface area contributed by atoms with Crippen molar-refractivity contribution >= 4 is 46.4 Å². The largest absolute Gasteiger partial charge is 0.861 e. The lowest BCUT2D eigenvalue weighted by Gasteiger charge is -2.18. The summed E-state index contributed by atoms with van der Waals surface area (Å²) in [7, 11) is 3.51. The quantitative estimate of drug-likeness (QED) is 0.238. The smallest absolute Gasteiger partial charge is 0.324 e. The Morgan fingerprint density at radius 2 is 1.97 bits per heavy atom. The minimum atomic E-state index is -0.489. The number of thioether (sulfide) groups is 1. The predicted molar refractivity (Wildman–Crippen MR) is 122 cm³/mol. The van der Waals surface area contributed by atoms with Crippen molar-refractivity contribution in [3.05, 3.63) is 77.9 Å². The first-order valence-electron chi connectivity index (χ1n) is 9.80. The third kappa shape index (κ3) is 5.09. The molecule has 0 bridgehead atoms.